The van der Waals surface area contributed by atoms with Crippen LogP contribution >= 0.6 is 11.8 Å². The van der Waals surface area contributed by atoms with Gasteiger partial charge in [0.2, 0.25) is 0 Å². The molecule has 1 aromatic carbocycles. The van der Waals surface area contributed by atoms with Crippen molar-refractivity contribution < 1.29 is 14.3 Å². The number of aromatic amines is 1. The molecule has 0 aliphatic carbocycles. The van der Waals surface area contributed by atoms with Gasteiger partial charge in [-0.15, -0.1) is 0 Å². The average molecular weight is 325 g/mol. The van der Waals surface area contributed by atoms with Gasteiger partial charge in [-0.25, -0.2) is 9.37 Å². The molecule has 1 heterocycles. The van der Waals surface area contributed by atoms with Crippen LogP contribution in [0.2, 0.25) is 0 Å². The molecule has 0 bridgehead atoms. The molecule has 120 valence electrons. The second-order valence-electron chi connectivity index (χ2n) is 5.15. The number of benzene rings is 1. The van der Waals surface area contributed by atoms with Crippen LogP contribution in [0.1, 0.15) is 12.2 Å². The van der Waals surface area contributed by atoms with Gasteiger partial charge in [-0.2, -0.15) is 11.8 Å². The number of halogens is 1. The molecule has 7 heteroatoms. The first-order valence-electron chi connectivity index (χ1n) is 7.07. The van der Waals surface area contributed by atoms with E-state index in [2.05, 4.69) is 9.97 Å². The summed E-state index contributed by atoms with van der Waals surface area (Å²) in [5, 5.41) is 9.79. The minimum Gasteiger partial charge on any atom is -0.383 e. The molecule has 1 atom stereocenters. The van der Waals surface area contributed by atoms with Gasteiger partial charge >= 0.3 is 0 Å². The zero-order chi connectivity index (χ0) is 16.1. The molecule has 5 nitrogen and oxygen atoms in total. The Morgan fingerprint density at radius 1 is 1.55 bits per heavy atom. The Balaban J connectivity index is 1.91. The fourth-order valence-electron chi connectivity index (χ4n) is 2.14. The number of thioether (sulfide) groups is 1. The Morgan fingerprint density at radius 2 is 2.32 bits per heavy atom. The number of hydrogen-bond donors (Lipinski definition) is 2. The highest BCUT2D eigenvalue weighted by Gasteiger charge is 2.19. The second kappa shape index (κ2) is 7.60. The summed E-state index contributed by atoms with van der Waals surface area (Å²) in [6.45, 7) is 0.442. The van der Waals surface area contributed by atoms with Gasteiger partial charge in [0.1, 0.15) is 17.7 Å². The molecule has 0 spiro atoms. The maximum absolute atomic E-state index is 13.1. The highest BCUT2D eigenvalue weighted by Crippen LogP contribution is 2.13. The van der Waals surface area contributed by atoms with Crippen molar-refractivity contribution in [3.05, 3.63) is 29.8 Å². The molecule has 1 aromatic heterocycles. The van der Waals surface area contributed by atoms with Gasteiger partial charge in [-0.3, -0.25) is 4.79 Å². The maximum atomic E-state index is 13.1. The number of rotatable bonds is 7. The van der Waals surface area contributed by atoms with E-state index in [-0.39, 0.29) is 11.7 Å². The molecule has 0 fully saturated rings. The van der Waals surface area contributed by atoms with Crippen molar-refractivity contribution in [2.24, 2.45) is 0 Å². The number of nitrogens with zero attached hydrogens (tertiary/aromatic N) is 2. The minimum atomic E-state index is -0.956. The Hall–Kier alpha value is -1.60. The number of aliphatic hydroxyl groups excluding tert-OH is 1. The third-order valence-electron chi connectivity index (χ3n) is 3.43. The minimum absolute atomic E-state index is 0.281. The van der Waals surface area contributed by atoms with E-state index in [1.165, 1.54) is 17.0 Å². The zero-order valence-corrected chi connectivity index (χ0v) is 13.5. The molecular formula is C15H20FN3O2S. The Morgan fingerprint density at radius 3 is 3.05 bits per heavy atom. The van der Waals surface area contributed by atoms with Gasteiger partial charge < -0.3 is 15.0 Å². The molecule has 0 radical (unpaired) electrons. The number of aromatic nitrogens is 2. The van der Waals surface area contributed by atoms with E-state index < -0.39 is 6.10 Å². The summed E-state index contributed by atoms with van der Waals surface area (Å²) < 4.78 is 13.1. The monoisotopic (exact) mass is 325 g/mol. The Bertz CT molecular complexity index is 647. The Kier molecular flexibility index (Phi) is 5.79. The van der Waals surface area contributed by atoms with Gasteiger partial charge in [0.05, 0.1) is 11.0 Å². The summed E-state index contributed by atoms with van der Waals surface area (Å²) in [5.74, 6) is 0.845. The number of nitrogens with one attached hydrogen (secondary N) is 1. The summed E-state index contributed by atoms with van der Waals surface area (Å²) in [5.41, 5.74) is 1.34. The number of likely N-dealkylation sites (N-methyl/N-ethyl adjacent to an activating group) is 1. The van der Waals surface area contributed by atoms with Crippen LogP contribution in [0.25, 0.3) is 11.0 Å². The molecule has 0 saturated carbocycles. The topological polar surface area (TPSA) is 69.2 Å². The summed E-state index contributed by atoms with van der Waals surface area (Å²) in [6.07, 6.45) is 1.95. The number of H-pyrrole nitrogens is 1. The molecule has 0 aliphatic heterocycles. The second-order valence-corrected chi connectivity index (χ2v) is 6.14. The number of fused-ring (bicyclic) bond motifs is 1. The largest absolute Gasteiger partial charge is 0.383 e. The van der Waals surface area contributed by atoms with Crippen molar-refractivity contribution in [2.45, 2.75) is 18.9 Å². The van der Waals surface area contributed by atoms with E-state index in [1.807, 2.05) is 6.26 Å². The van der Waals surface area contributed by atoms with Crippen LogP contribution in [0.15, 0.2) is 18.2 Å². The van der Waals surface area contributed by atoms with Crippen molar-refractivity contribution in [1.29, 1.82) is 0 Å². The van der Waals surface area contributed by atoms with Crippen molar-refractivity contribution >= 4 is 28.7 Å². The summed E-state index contributed by atoms with van der Waals surface area (Å²) >= 11 is 1.60. The van der Waals surface area contributed by atoms with Crippen LogP contribution in [-0.2, 0) is 11.2 Å². The molecule has 2 N–H and O–H groups in total. The third kappa shape index (κ3) is 4.20. The number of carbonyl (C=O) groups excluding carboxylic acids is 1. The zero-order valence-electron chi connectivity index (χ0n) is 12.7. The highest BCUT2D eigenvalue weighted by atomic mass is 32.2. The predicted octanol–water partition coefficient (Wildman–Crippen LogP) is 1.82. The predicted molar refractivity (Wildman–Crippen MR) is 86.4 cm³/mol. The van der Waals surface area contributed by atoms with Gasteiger partial charge in [-0.05, 0) is 36.6 Å². The van der Waals surface area contributed by atoms with Crippen LogP contribution in [0.5, 0.6) is 0 Å². The first-order valence-corrected chi connectivity index (χ1v) is 8.46. The van der Waals surface area contributed by atoms with Gasteiger partial charge in [-0.1, -0.05) is 0 Å². The van der Waals surface area contributed by atoms with E-state index in [4.69, 9.17) is 0 Å². The standard InChI is InChI=1S/C15H20FN3O2S/c1-19(15(21)13(20)6-8-22-2)7-5-14-17-11-4-3-10(16)9-12(11)18-14/h3-4,9,13,20H,5-8H2,1-2H3,(H,17,18). The SMILES string of the molecule is CSCCC(O)C(=O)N(C)CCc1nc2ccc(F)cc2[nH]1. The van der Waals surface area contributed by atoms with Gasteiger partial charge in [0, 0.05) is 20.0 Å². The normalized spacial score (nSPS) is 12.5. The molecule has 2 aromatic rings. The van der Waals surface area contributed by atoms with Crippen molar-refractivity contribution in [3.8, 4) is 0 Å². The fourth-order valence-corrected chi connectivity index (χ4v) is 2.60. The lowest BCUT2D eigenvalue weighted by atomic mass is 10.2. The maximum Gasteiger partial charge on any atom is 0.251 e. The van der Waals surface area contributed by atoms with Crippen LogP contribution in [0, 0.1) is 5.82 Å². The molecule has 2 rings (SSSR count). The number of carbonyl (C=O) groups is 1. The highest BCUT2D eigenvalue weighted by molar-refractivity contribution is 7.98. The lowest BCUT2D eigenvalue weighted by Crippen LogP contribution is -2.37. The smallest absolute Gasteiger partial charge is 0.251 e. The summed E-state index contributed by atoms with van der Waals surface area (Å²) in [6, 6.07) is 4.38. The number of hydrogen-bond acceptors (Lipinski definition) is 4. The van der Waals surface area contributed by atoms with Gasteiger partial charge in [0.25, 0.3) is 5.91 Å². The van der Waals surface area contributed by atoms with E-state index in [0.29, 0.717) is 36.2 Å². The number of amides is 1. The van der Waals surface area contributed by atoms with Crippen LogP contribution in [0.3, 0.4) is 0 Å². The van der Waals surface area contributed by atoms with Crippen LogP contribution in [0.4, 0.5) is 4.39 Å². The van der Waals surface area contributed by atoms with E-state index in [1.54, 1.807) is 24.9 Å². The van der Waals surface area contributed by atoms with Gasteiger partial charge in [0.15, 0.2) is 0 Å². The molecule has 1 unspecified atom stereocenters. The van der Waals surface area contributed by atoms with Crippen LogP contribution < -0.4 is 0 Å². The fraction of sp³-hybridized carbons (Fsp3) is 0.467. The quantitative estimate of drug-likeness (QED) is 0.815. The lowest BCUT2D eigenvalue weighted by molar-refractivity contribution is -0.138. The van der Waals surface area contributed by atoms with Crippen molar-refractivity contribution in [3.63, 3.8) is 0 Å². The molecular weight excluding hydrogens is 305 g/mol. The summed E-state index contributed by atoms with van der Waals surface area (Å²) in [4.78, 5) is 20.9. The molecule has 1 amide bonds. The number of aliphatic hydroxyl groups is 1. The molecule has 0 saturated heterocycles. The number of imidazole rings is 1. The van der Waals surface area contributed by atoms with Crippen molar-refractivity contribution in [2.75, 3.05) is 25.6 Å². The first-order chi connectivity index (χ1) is 10.5. The van der Waals surface area contributed by atoms with E-state index in [0.717, 1.165) is 5.75 Å². The van der Waals surface area contributed by atoms with Crippen molar-refractivity contribution in [1.82, 2.24) is 14.9 Å². The lowest BCUT2D eigenvalue weighted by Gasteiger charge is -2.20. The van der Waals surface area contributed by atoms with E-state index in [9.17, 15) is 14.3 Å². The average Bonchev–Trinajstić information content (AvgIpc) is 2.91. The van der Waals surface area contributed by atoms with Crippen LogP contribution in [-0.4, -0.2) is 57.6 Å². The first kappa shape index (κ1) is 16.8. The third-order valence-corrected chi connectivity index (χ3v) is 4.08. The molecule has 22 heavy (non-hydrogen) atoms. The van der Waals surface area contributed by atoms with E-state index >= 15 is 0 Å². The summed E-state index contributed by atoms with van der Waals surface area (Å²) in [7, 11) is 1.66. The molecule has 0 aliphatic rings. The Labute approximate surface area is 132 Å².